The van der Waals surface area contributed by atoms with Gasteiger partial charge in [-0.05, 0) is 5.41 Å². The van der Waals surface area contributed by atoms with Gasteiger partial charge in [-0.2, -0.15) is 0 Å². The molecular formula is C12H18N4O2. The van der Waals surface area contributed by atoms with Crippen LogP contribution in [0, 0.1) is 5.41 Å². The van der Waals surface area contributed by atoms with Crippen LogP contribution in [0.4, 0.5) is 0 Å². The Morgan fingerprint density at radius 3 is 2.33 bits per heavy atom. The molecule has 0 aliphatic carbocycles. The zero-order chi connectivity index (χ0) is 13.7. The summed E-state index contributed by atoms with van der Waals surface area (Å²) in [7, 11) is 3.11. The van der Waals surface area contributed by atoms with Gasteiger partial charge in [0.25, 0.3) is 5.56 Å². The van der Waals surface area contributed by atoms with Gasteiger partial charge in [0.15, 0.2) is 11.2 Å². The Morgan fingerprint density at radius 2 is 1.78 bits per heavy atom. The van der Waals surface area contributed by atoms with E-state index >= 15 is 0 Å². The van der Waals surface area contributed by atoms with Gasteiger partial charge in [0, 0.05) is 20.6 Å². The van der Waals surface area contributed by atoms with Gasteiger partial charge in [-0.25, -0.2) is 9.78 Å². The number of nitrogens with zero attached hydrogens (tertiary/aromatic N) is 4. The molecule has 0 bridgehead atoms. The van der Waals surface area contributed by atoms with Gasteiger partial charge in [-0.15, -0.1) is 0 Å². The highest BCUT2D eigenvalue weighted by Crippen LogP contribution is 2.18. The molecule has 0 amide bonds. The molecule has 2 aromatic heterocycles. The van der Waals surface area contributed by atoms with Crippen molar-refractivity contribution >= 4 is 11.2 Å². The first-order valence-electron chi connectivity index (χ1n) is 5.83. The number of rotatable bonds is 1. The molecule has 6 nitrogen and oxygen atoms in total. The maximum Gasteiger partial charge on any atom is 0.332 e. The Balaban J connectivity index is 2.82. The van der Waals surface area contributed by atoms with E-state index in [1.165, 1.54) is 11.6 Å². The van der Waals surface area contributed by atoms with Crippen molar-refractivity contribution in [2.75, 3.05) is 0 Å². The van der Waals surface area contributed by atoms with E-state index in [2.05, 4.69) is 25.8 Å². The third-order valence-electron chi connectivity index (χ3n) is 2.86. The summed E-state index contributed by atoms with van der Waals surface area (Å²) in [4.78, 5) is 28.1. The van der Waals surface area contributed by atoms with Crippen molar-refractivity contribution in [1.29, 1.82) is 0 Å². The molecule has 0 radical (unpaired) electrons. The molecule has 0 N–H and O–H groups in total. The van der Waals surface area contributed by atoms with E-state index in [0.717, 1.165) is 4.57 Å². The summed E-state index contributed by atoms with van der Waals surface area (Å²) in [6, 6.07) is 0. The van der Waals surface area contributed by atoms with Crippen molar-refractivity contribution in [1.82, 2.24) is 18.7 Å². The highest BCUT2D eigenvalue weighted by Gasteiger charge is 2.18. The second-order valence-corrected chi connectivity index (χ2v) is 5.81. The fraction of sp³-hybridized carbons (Fsp3) is 0.583. The maximum absolute atomic E-state index is 12.2. The molecule has 2 aromatic rings. The summed E-state index contributed by atoms with van der Waals surface area (Å²) >= 11 is 0. The molecule has 0 aliphatic heterocycles. The molecule has 2 rings (SSSR count). The second-order valence-electron chi connectivity index (χ2n) is 5.81. The maximum atomic E-state index is 12.2. The van der Waals surface area contributed by atoms with Crippen LogP contribution in [0.25, 0.3) is 11.2 Å². The first-order chi connectivity index (χ1) is 8.22. The highest BCUT2D eigenvalue weighted by molar-refractivity contribution is 5.69. The van der Waals surface area contributed by atoms with Gasteiger partial charge in [0.2, 0.25) is 0 Å². The van der Waals surface area contributed by atoms with E-state index in [-0.39, 0.29) is 16.7 Å². The van der Waals surface area contributed by atoms with Crippen molar-refractivity contribution < 1.29 is 0 Å². The third kappa shape index (κ3) is 1.87. The van der Waals surface area contributed by atoms with Crippen molar-refractivity contribution in [2.24, 2.45) is 19.5 Å². The lowest BCUT2D eigenvalue weighted by atomic mass is 9.97. The van der Waals surface area contributed by atoms with Crippen molar-refractivity contribution in [2.45, 2.75) is 27.3 Å². The molecule has 0 spiro atoms. The zero-order valence-electron chi connectivity index (χ0n) is 11.4. The van der Waals surface area contributed by atoms with Crippen LogP contribution in [0.3, 0.4) is 0 Å². The lowest BCUT2D eigenvalue weighted by molar-refractivity contribution is 0.348. The predicted octanol–water partition coefficient (Wildman–Crippen LogP) is 0.480. The van der Waals surface area contributed by atoms with Crippen LogP contribution in [0.1, 0.15) is 20.8 Å². The van der Waals surface area contributed by atoms with Crippen LogP contribution >= 0.6 is 0 Å². The lowest BCUT2D eigenvalue weighted by Crippen LogP contribution is -2.37. The standard InChI is InChI=1S/C12H18N4O2/c1-12(2,3)6-16-7-13-9-8(16)10(17)15(5)11(18)14(9)4/h7H,6H2,1-5H3. The quantitative estimate of drug-likeness (QED) is 0.739. The SMILES string of the molecule is Cn1c(=O)c2c(ncn2CC(C)(C)C)n(C)c1=O. The predicted molar refractivity (Wildman–Crippen MR) is 69.7 cm³/mol. The lowest BCUT2D eigenvalue weighted by Gasteiger charge is -2.19. The fourth-order valence-corrected chi connectivity index (χ4v) is 2.03. The van der Waals surface area contributed by atoms with E-state index in [1.807, 2.05) is 4.57 Å². The summed E-state index contributed by atoms with van der Waals surface area (Å²) in [5, 5.41) is 0. The average molecular weight is 250 g/mol. The molecule has 2 heterocycles. The van der Waals surface area contributed by atoms with Crippen LogP contribution < -0.4 is 11.2 Å². The summed E-state index contributed by atoms with van der Waals surface area (Å²) in [5.74, 6) is 0. The fourth-order valence-electron chi connectivity index (χ4n) is 2.03. The van der Waals surface area contributed by atoms with Crippen LogP contribution in [-0.4, -0.2) is 18.7 Å². The van der Waals surface area contributed by atoms with Gasteiger partial charge in [-0.1, -0.05) is 20.8 Å². The van der Waals surface area contributed by atoms with E-state index < -0.39 is 0 Å². The molecule has 0 saturated heterocycles. The first-order valence-corrected chi connectivity index (χ1v) is 5.83. The van der Waals surface area contributed by atoms with Crippen molar-refractivity contribution in [3.8, 4) is 0 Å². The Morgan fingerprint density at radius 1 is 1.17 bits per heavy atom. The van der Waals surface area contributed by atoms with Crippen LogP contribution in [0.2, 0.25) is 0 Å². The average Bonchev–Trinajstić information content (AvgIpc) is 2.65. The summed E-state index contributed by atoms with van der Waals surface area (Å²) < 4.78 is 4.33. The van der Waals surface area contributed by atoms with Crippen molar-refractivity contribution in [3.05, 3.63) is 27.2 Å². The van der Waals surface area contributed by atoms with E-state index in [4.69, 9.17) is 0 Å². The van der Waals surface area contributed by atoms with Gasteiger partial charge in [0.05, 0.1) is 6.33 Å². The van der Waals surface area contributed by atoms with Crippen LogP contribution in [0.15, 0.2) is 15.9 Å². The van der Waals surface area contributed by atoms with Crippen molar-refractivity contribution in [3.63, 3.8) is 0 Å². The summed E-state index contributed by atoms with van der Waals surface area (Å²) in [5.41, 5.74) is 0.304. The minimum absolute atomic E-state index is 0.0351. The molecule has 0 aromatic carbocycles. The summed E-state index contributed by atoms with van der Waals surface area (Å²) in [6.07, 6.45) is 1.62. The molecule has 0 unspecified atom stereocenters. The smallest absolute Gasteiger partial charge is 0.324 e. The third-order valence-corrected chi connectivity index (χ3v) is 2.86. The molecule has 0 aliphatic rings. The molecule has 0 atom stereocenters. The Hall–Kier alpha value is -1.85. The Kier molecular flexibility index (Phi) is 2.68. The number of imidazole rings is 1. The number of aryl methyl sites for hydroxylation is 1. The largest absolute Gasteiger partial charge is 0.332 e. The molecular weight excluding hydrogens is 232 g/mol. The van der Waals surface area contributed by atoms with E-state index in [9.17, 15) is 9.59 Å². The minimum Gasteiger partial charge on any atom is -0.324 e. The number of aromatic nitrogens is 4. The normalized spacial score (nSPS) is 12.3. The van der Waals surface area contributed by atoms with E-state index in [0.29, 0.717) is 17.7 Å². The van der Waals surface area contributed by atoms with Gasteiger partial charge >= 0.3 is 5.69 Å². The summed E-state index contributed by atoms with van der Waals surface area (Å²) in [6.45, 7) is 6.94. The first kappa shape index (κ1) is 12.6. The molecule has 0 saturated carbocycles. The van der Waals surface area contributed by atoms with Crippen LogP contribution in [0.5, 0.6) is 0 Å². The van der Waals surface area contributed by atoms with Crippen LogP contribution in [-0.2, 0) is 20.6 Å². The zero-order valence-corrected chi connectivity index (χ0v) is 11.4. The monoisotopic (exact) mass is 250 g/mol. The van der Waals surface area contributed by atoms with Gasteiger partial charge < -0.3 is 4.57 Å². The van der Waals surface area contributed by atoms with Gasteiger partial charge in [0.1, 0.15) is 0 Å². The highest BCUT2D eigenvalue weighted by atomic mass is 16.2. The Labute approximate surface area is 104 Å². The van der Waals surface area contributed by atoms with E-state index in [1.54, 1.807) is 13.4 Å². The minimum atomic E-state index is -0.353. The number of hydrogen-bond donors (Lipinski definition) is 0. The second kappa shape index (κ2) is 3.83. The Bertz CT molecular complexity index is 712. The molecule has 98 valence electrons. The topological polar surface area (TPSA) is 61.8 Å². The van der Waals surface area contributed by atoms with Gasteiger partial charge in [-0.3, -0.25) is 13.9 Å². The molecule has 6 heteroatoms. The number of hydrogen-bond acceptors (Lipinski definition) is 3. The molecule has 18 heavy (non-hydrogen) atoms. The molecule has 0 fully saturated rings. The number of fused-ring (bicyclic) bond motifs is 1.